The maximum Gasteiger partial charge on any atom is 0.458 e. The summed E-state index contributed by atoms with van der Waals surface area (Å²) in [6.07, 6.45) is -4.91. The van der Waals surface area contributed by atoms with Crippen LogP contribution in [0.5, 0.6) is 0 Å². The summed E-state index contributed by atoms with van der Waals surface area (Å²) in [4.78, 5) is 8.58. The van der Waals surface area contributed by atoms with Crippen LogP contribution in [0.3, 0.4) is 0 Å². The first-order valence-corrected chi connectivity index (χ1v) is 1.02. The molecule has 0 aliphatic rings. The summed E-state index contributed by atoms with van der Waals surface area (Å²) in [5.41, 5.74) is 0. The van der Waals surface area contributed by atoms with Crippen LogP contribution in [0.25, 0.3) is 0 Å². The molecule has 5 heteroatoms. The maximum atomic E-state index is 10.4. The molecule has 0 aliphatic heterocycles. The van der Waals surface area contributed by atoms with Crippen molar-refractivity contribution in [2.45, 2.75) is 6.18 Å². The summed E-state index contributed by atoms with van der Waals surface area (Å²) in [6, 6.07) is 0. The number of carbonyl (C=O) groups excluding carboxylic acids is 1. The monoisotopic (exact) mass is 200 g/mol. The molecule has 7 heavy (non-hydrogen) atoms. The molecular weight excluding hydrogens is 200 g/mol. The van der Waals surface area contributed by atoms with E-state index in [1.54, 1.807) is 0 Å². The van der Waals surface area contributed by atoms with Crippen LogP contribution >= 0.6 is 0 Å². The SMILES string of the molecule is O=[C]C(F)(F)F.[Rh]. The van der Waals surface area contributed by atoms with Crippen LogP contribution in [0.1, 0.15) is 0 Å². The van der Waals surface area contributed by atoms with Crippen molar-refractivity contribution >= 4 is 6.29 Å². The second-order valence-electron chi connectivity index (χ2n) is 0.600. The Morgan fingerprint density at radius 1 is 1.29 bits per heavy atom. The zero-order chi connectivity index (χ0) is 5.21. The fraction of sp³-hybridized carbons (Fsp3) is 0.500. The molecule has 0 rings (SSSR count). The summed E-state index contributed by atoms with van der Waals surface area (Å²) in [5, 5.41) is 0. The van der Waals surface area contributed by atoms with E-state index >= 15 is 0 Å². The number of alkyl halides is 3. The Hall–Kier alpha value is 0.0834. The third-order valence-electron chi connectivity index (χ3n) is 0.116. The third kappa shape index (κ3) is 10.7. The molecule has 0 bridgehead atoms. The molecule has 0 aromatic carbocycles. The first-order valence-electron chi connectivity index (χ1n) is 1.02. The second-order valence-corrected chi connectivity index (χ2v) is 0.600. The average molecular weight is 200 g/mol. The molecule has 1 nitrogen and oxygen atoms in total. The molecule has 44 valence electrons. The quantitative estimate of drug-likeness (QED) is 0.524. The van der Waals surface area contributed by atoms with Crippen molar-refractivity contribution in [1.82, 2.24) is 0 Å². The van der Waals surface area contributed by atoms with Crippen LogP contribution < -0.4 is 0 Å². The van der Waals surface area contributed by atoms with Crippen molar-refractivity contribution in [3.05, 3.63) is 0 Å². The van der Waals surface area contributed by atoms with Gasteiger partial charge in [-0.25, -0.2) is 0 Å². The van der Waals surface area contributed by atoms with E-state index in [4.69, 9.17) is 4.79 Å². The Balaban J connectivity index is 0. The standard InChI is InChI=1S/C2F3O.Rh/c3-2(4,5)1-6;. The van der Waals surface area contributed by atoms with Gasteiger partial charge in [0.05, 0.1) is 0 Å². The van der Waals surface area contributed by atoms with E-state index < -0.39 is 6.18 Å². The van der Waals surface area contributed by atoms with Crippen LogP contribution in [0.2, 0.25) is 0 Å². The predicted octanol–water partition coefficient (Wildman–Crippen LogP) is 0.656. The average Bonchev–Trinajstić information content (AvgIpc) is 1.35. The molecule has 0 N–H and O–H groups in total. The minimum atomic E-state index is -4.76. The molecule has 0 atom stereocenters. The molecule has 0 aliphatic carbocycles. The summed E-state index contributed by atoms with van der Waals surface area (Å²) in [7, 11) is 0. The van der Waals surface area contributed by atoms with Crippen molar-refractivity contribution in [2.75, 3.05) is 0 Å². The van der Waals surface area contributed by atoms with Gasteiger partial charge >= 0.3 is 12.5 Å². The Kier molecular flexibility index (Phi) is 4.54. The van der Waals surface area contributed by atoms with Crippen molar-refractivity contribution in [1.29, 1.82) is 0 Å². The molecule has 0 spiro atoms. The Labute approximate surface area is 50.6 Å². The van der Waals surface area contributed by atoms with Gasteiger partial charge in [0, 0.05) is 19.5 Å². The summed E-state index contributed by atoms with van der Waals surface area (Å²) in [6.45, 7) is 0. The zero-order valence-electron chi connectivity index (χ0n) is 2.88. The third-order valence-corrected chi connectivity index (χ3v) is 0.116. The van der Waals surface area contributed by atoms with Crippen molar-refractivity contribution < 1.29 is 37.4 Å². The van der Waals surface area contributed by atoms with Crippen molar-refractivity contribution in [2.24, 2.45) is 0 Å². The molecule has 0 aromatic rings. The van der Waals surface area contributed by atoms with Gasteiger partial charge < -0.3 is 0 Å². The van der Waals surface area contributed by atoms with Gasteiger partial charge in [-0.15, -0.1) is 0 Å². The van der Waals surface area contributed by atoms with Gasteiger partial charge in [0.25, 0.3) is 0 Å². The number of hydrogen-bond donors (Lipinski definition) is 0. The van der Waals surface area contributed by atoms with Gasteiger partial charge in [0.2, 0.25) is 0 Å². The zero-order valence-corrected chi connectivity index (χ0v) is 4.51. The normalized spacial score (nSPS) is 9.57. The topological polar surface area (TPSA) is 17.1 Å². The fourth-order valence-corrected chi connectivity index (χ4v) is 0. The number of hydrogen-bond acceptors (Lipinski definition) is 1. The van der Waals surface area contributed by atoms with Gasteiger partial charge in [-0.2, -0.15) is 13.2 Å². The van der Waals surface area contributed by atoms with Crippen LogP contribution in [0.15, 0.2) is 0 Å². The molecule has 0 saturated carbocycles. The van der Waals surface area contributed by atoms with E-state index in [1.165, 1.54) is 0 Å². The molecular formula is C2F3ORh. The Morgan fingerprint density at radius 3 is 1.43 bits per heavy atom. The molecule has 0 amide bonds. The molecule has 0 unspecified atom stereocenters. The van der Waals surface area contributed by atoms with Gasteiger partial charge in [0.15, 0.2) is 0 Å². The van der Waals surface area contributed by atoms with Gasteiger partial charge in [-0.05, 0) is 0 Å². The Bertz CT molecular complexity index is 58.4. The predicted molar refractivity (Wildman–Crippen MR) is 11.7 cm³/mol. The van der Waals surface area contributed by atoms with Gasteiger partial charge in [-0.1, -0.05) is 0 Å². The van der Waals surface area contributed by atoms with E-state index in [9.17, 15) is 13.2 Å². The van der Waals surface area contributed by atoms with E-state index in [1.807, 2.05) is 0 Å². The van der Waals surface area contributed by atoms with Crippen molar-refractivity contribution in [3.8, 4) is 0 Å². The van der Waals surface area contributed by atoms with Crippen LogP contribution in [-0.2, 0) is 24.3 Å². The second kappa shape index (κ2) is 3.13. The first-order chi connectivity index (χ1) is 2.56. The maximum absolute atomic E-state index is 10.4. The molecule has 0 fully saturated rings. The van der Waals surface area contributed by atoms with E-state index in [0.29, 0.717) is 0 Å². The van der Waals surface area contributed by atoms with Gasteiger partial charge in [0.1, 0.15) is 0 Å². The first kappa shape index (κ1) is 10.1. The van der Waals surface area contributed by atoms with Crippen LogP contribution in [0, 0.1) is 0 Å². The van der Waals surface area contributed by atoms with E-state index in [0.717, 1.165) is 0 Å². The van der Waals surface area contributed by atoms with E-state index in [2.05, 4.69) is 0 Å². The van der Waals surface area contributed by atoms with Gasteiger partial charge in [-0.3, -0.25) is 4.79 Å². The summed E-state index contributed by atoms with van der Waals surface area (Å²) in [5.74, 6) is 0. The van der Waals surface area contributed by atoms with Crippen LogP contribution in [-0.4, -0.2) is 12.5 Å². The minimum Gasteiger partial charge on any atom is -0.280 e. The number of rotatable bonds is 0. The minimum absolute atomic E-state index is 0. The molecule has 0 aromatic heterocycles. The Morgan fingerprint density at radius 2 is 1.43 bits per heavy atom. The number of halogens is 3. The fourth-order valence-electron chi connectivity index (χ4n) is 0. The van der Waals surface area contributed by atoms with Crippen molar-refractivity contribution in [3.63, 3.8) is 0 Å². The molecule has 0 heterocycles. The molecule has 2 radical (unpaired) electrons. The summed E-state index contributed by atoms with van der Waals surface area (Å²) >= 11 is 0. The molecule has 0 saturated heterocycles. The van der Waals surface area contributed by atoms with E-state index in [-0.39, 0.29) is 25.8 Å². The summed E-state index contributed by atoms with van der Waals surface area (Å²) < 4.78 is 31.1. The smallest absolute Gasteiger partial charge is 0.280 e. The van der Waals surface area contributed by atoms with Crippen LogP contribution in [0.4, 0.5) is 13.2 Å². The largest absolute Gasteiger partial charge is 0.458 e.